The van der Waals surface area contributed by atoms with E-state index in [2.05, 4.69) is 44.9 Å². The molecule has 0 aliphatic heterocycles. The van der Waals surface area contributed by atoms with Crippen molar-refractivity contribution in [3.05, 3.63) is 28.5 Å². The molecule has 0 fully saturated rings. The smallest absolute Gasteiger partial charge is 0.191 e. The van der Waals surface area contributed by atoms with Gasteiger partial charge in [-0.3, -0.25) is 0 Å². The summed E-state index contributed by atoms with van der Waals surface area (Å²) in [5.41, 5.74) is 2.58. The Morgan fingerprint density at radius 3 is 2.63 bits per heavy atom. The molecule has 0 saturated carbocycles. The van der Waals surface area contributed by atoms with Gasteiger partial charge in [0.1, 0.15) is 5.15 Å². The van der Waals surface area contributed by atoms with Crippen LogP contribution in [0, 0.1) is 5.92 Å². The zero-order valence-corrected chi connectivity index (χ0v) is 14.3. The summed E-state index contributed by atoms with van der Waals surface area (Å²) in [4.78, 5) is 4.17. The summed E-state index contributed by atoms with van der Waals surface area (Å²) in [7, 11) is -1.64. The summed E-state index contributed by atoms with van der Waals surface area (Å²) >= 11 is 6.15. The Balaban J connectivity index is 1.97. The zero-order chi connectivity index (χ0) is 14.3. The van der Waals surface area contributed by atoms with Gasteiger partial charge in [0.15, 0.2) is 8.32 Å². The van der Waals surface area contributed by atoms with Gasteiger partial charge in [0.25, 0.3) is 0 Å². The summed E-state index contributed by atoms with van der Waals surface area (Å²) in [6.07, 6.45) is 3.89. The predicted molar refractivity (Wildman–Crippen MR) is 83.3 cm³/mol. The predicted octanol–water partition coefficient (Wildman–Crippen LogP) is 4.47. The fourth-order valence-electron chi connectivity index (χ4n) is 2.24. The highest BCUT2D eigenvalue weighted by atomic mass is 35.5. The van der Waals surface area contributed by atoms with Gasteiger partial charge in [-0.25, -0.2) is 4.98 Å². The van der Waals surface area contributed by atoms with Gasteiger partial charge < -0.3 is 4.43 Å². The lowest BCUT2D eigenvalue weighted by Gasteiger charge is -2.37. The van der Waals surface area contributed by atoms with Crippen LogP contribution in [0.5, 0.6) is 0 Å². The van der Waals surface area contributed by atoms with Crippen LogP contribution >= 0.6 is 11.6 Å². The van der Waals surface area contributed by atoms with Crippen molar-refractivity contribution in [2.45, 2.75) is 51.7 Å². The number of aromatic nitrogens is 1. The third kappa shape index (κ3) is 3.20. The van der Waals surface area contributed by atoms with Crippen LogP contribution in [-0.2, 0) is 17.3 Å². The maximum Gasteiger partial charge on any atom is 0.191 e. The second-order valence-electron chi connectivity index (χ2n) is 7.09. The summed E-state index contributed by atoms with van der Waals surface area (Å²) in [6.45, 7) is 12.3. The third-order valence-electron chi connectivity index (χ3n) is 4.59. The van der Waals surface area contributed by atoms with Crippen LogP contribution < -0.4 is 0 Å². The van der Waals surface area contributed by atoms with E-state index in [1.165, 1.54) is 11.1 Å². The van der Waals surface area contributed by atoms with Gasteiger partial charge in [-0.1, -0.05) is 32.4 Å². The standard InChI is InChI=1S/C15H24ClNOSi/c1-15(2,3)19(4,5)18-10-11-8-12-6-7-17-14(16)13(12)9-11/h6-7,11H,8-10H2,1-5H3. The molecule has 0 aromatic carbocycles. The molecule has 1 atom stereocenters. The molecule has 2 nitrogen and oxygen atoms in total. The number of halogens is 1. The monoisotopic (exact) mass is 297 g/mol. The van der Waals surface area contributed by atoms with Crippen LogP contribution in [0.2, 0.25) is 23.3 Å². The lowest BCUT2D eigenvalue weighted by Crippen LogP contribution is -2.42. The van der Waals surface area contributed by atoms with E-state index in [9.17, 15) is 0 Å². The molecular weight excluding hydrogens is 274 g/mol. The molecule has 4 heteroatoms. The fourth-order valence-corrected chi connectivity index (χ4v) is 3.58. The van der Waals surface area contributed by atoms with Crippen molar-refractivity contribution in [1.29, 1.82) is 0 Å². The van der Waals surface area contributed by atoms with Crippen molar-refractivity contribution < 1.29 is 4.43 Å². The first-order chi connectivity index (χ1) is 8.71. The molecule has 0 N–H and O–H groups in total. The summed E-state index contributed by atoms with van der Waals surface area (Å²) < 4.78 is 6.32. The molecule has 1 unspecified atom stereocenters. The summed E-state index contributed by atoms with van der Waals surface area (Å²) in [5, 5.41) is 0.949. The third-order valence-corrected chi connectivity index (χ3v) is 9.41. The SMILES string of the molecule is CC(C)(C)[Si](C)(C)OCC1Cc2ccnc(Cl)c2C1. The lowest BCUT2D eigenvalue weighted by molar-refractivity contribution is 0.232. The fraction of sp³-hybridized carbons (Fsp3) is 0.667. The molecule has 1 aromatic heterocycles. The first-order valence-electron chi connectivity index (χ1n) is 6.97. The van der Waals surface area contributed by atoms with Crippen LogP contribution in [0.1, 0.15) is 31.9 Å². The molecule has 19 heavy (non-hydrogen) atoms. The van der Waals surface area contributed by atoms with E-state index in [1.54, 1.807) is 6.20 Å². The molecule has 0 amide bonds. The highest BCUT2D eigenvalue weighted by Gasteiger charge is 2.38. The van der Waals surface area contributed by atoms with Gasteiger partial charge >= 0.3 is 0 Å². The highest BCUT2D eigenvalue weighted by Crippen LogP contribution is 2.38. The van der Waals surface area contributed by atoms with Gasteiger partial charge in [-0.15, -0.1) is 0 Å². The van der Waals surface area contributed by atoms with Gasteiger partial charge in [0.05, 0.1) is 0 Å². The Morgan fingerprint density at radius 2 is 2.05 bits per heavy atom. The van der Waals surface area contributed by atoms with Crippen molar-refractivity contribution in [1.82, 2.24) is 4.98 Å². The van der Waals surface area contributed by atoms with E-state index in [-0.39, 0.29) is 5.04 Å². The van der Waals surface area contributed by atoms with Crippen molar-refractivity contribution in [3.63, 3.8) is 0 Å². The average molecular weight is 298 g/mol. The van der Waals surface area contributed by atoms with Crippen molar-refractivity contribution >= 4 is 19.9 Å². The topological polar surface area (TPSA) is 22.1 Å². The minimum absolute atomic E-state index is 0.275. The Labute approximate surface area is 122 Å². The summed E-state index contributed by atoms with van der Waals surface area (Å²) in [6, 6.07) is 2.09. The molecule has 0 radical (unpaired) electrons. The van der Waals surface area contributed by atoms with Gasteiger partial charge in [-0.05, 0) is 54.1 Å². The molecule has 1 aromatic rings. The van der Waals surface area contributed by atoms with E-state index in [0.717, 1.165) is 19.4 Å². The second-order valence-corrected chi connectivity index (χ2v) is 12.3. The normalized spacial score (nSPS) is 19.6. The molecule has 0 bridgehead atoms. The van der Waals surface area contributed by atoms with E-state index >= 15 is 0 Å². The van der Waals surface area contributed by atoms with Gasteiger partial charge in [0.2, 0.25) is 0 Å². The van der Waals surface area contributed by atoms with Crippen molar-refractivity contribution in [2.24, 2.45) is 5.92 Å². The molecule has 1 heterocycles. The van der Waals surface area contributed by atoms with Crippen LogP contribution in [-0.4, -0.2) is 19.9 Å². The number of hydrogen-bond donors (Lipinski definition) is 0. The first-order valence-corrected chi connectivity index (χ1v) is 10.3. The van der Waals surface area contributed by atoms with E-state index < -0.39 is 8.32 Å². The quantitative estimate of drug-likeness (QED) is 0.606. The Hall–Kier alpha value is -0.383. The minimum atomic E-state index is -1.64. The van der Waals surface area contributed by atoms with Crippen LogP contribution in [0.3, 0.4) is 0 Å². The highest BCUT2D eigenvalue weighted by molar-refractivity contribution is 6.74. The first kappa shape index (κ1) is 15.0. The Morgan fingerprint density at radius 1 is 1.37 bits per heavy atom. The zero-order valence-electron chi connectivity index (χ0n) is 12.6. The number of fused-ring (bicyclic) bond motifs is 1. The van der Waals surface area contributed by atoms with Crippen molar-refractivity contribution in [2.75, 3.05) is 6.61 Å². The molecular formula is C15H24ClNOSi. The molecule has 2 rings (SSSR count). The second kappa shape index (κ2) is 5.19. The van der Waals surface area contributed by atoms with Gasteiger partial charge in [0, 0.05) is 12.8 Å². The number of rotatable bonds is 3. The minimum Gasteiger partial charge on any atom is -0.417 e. The van der Waals surface area contributed by atoms with Gasteiger partial charge in [-0.2, -0.15) is 0 Å². The molecule has 1 aliphatic rings. The summed E-state index contributed by atoms with van der Waals surface area (Å²) in [5.74, 6) is 0.561. The van der Waals surface area contributed by atoms with Crippen LogP contribution in [0.15, 0.2) is 12.3 Å². The number of nitrogens with zero attached hydrogens (tertiary/aromatic N) is 1. The number of pyridine rings is 1. The van der Waals surface area contributed by atoms with E-state index in [1.807, 2.05) is 0 Å². The average Bonchev–Trinajstić information content (AvgIpc) is 2.69. The maximum absolute atomic E-state index is 6.32. The largest absolute Gasteiger partial charge is 0.417 e. The molecule has 106 valence electrons. The van der Waals surface area contributed by atoms with Crippen LogP contribution in [0.4, 0.5) is 0 Å². The lowest BCUT2D eigenvalue weighted by atomic mass is 10.1. The molecule has 0 saturated heterocycles. The van der Waals surface area contributed by atoms with E-state index in [0.29, 0.717) is 11.1 Å². The van der Waals surface area contributed by atoms with Crippen molar-refractivity contribution in [3.8, 4) is 0 Å². The number of hydrogen-bond acceptors (Lipinski definition) is 2. The Kier molecular flexibility index (Phi) is 4.10. The molecule has 0 spiro atoms. The van der Waals surface area contributed by atoms with E-state index in [4.69, 9.17) is 16.0 Å². The maximum atomic E-state index is 6.32. The van der Waals surface area contributed by atoms with Crippen LogP contribution in [0.25, 0.3) is 0 Å². The Bertz CT molecular complexity index is 468. The molecule has 1 aliphatic carbocycles.